The van der Waals surface area contributed by atoms with Crippen LogP contribution in [0.5, 0.6) is 5.75 Å². The van der Waals surface area contributed by atoms with E-state index >= 15 is 0 Å². The Morgan fingerprint density at radius 2 is 1.91 bits per heavy atom. The van der Waals surface area contributed by atoms with Gasteiger partial charge in [0.15, 0.2) is 0 Å². The first-order valence-electron chi connectivity index (χ1n) is 11.1. The molecule has 182 valence electrons. The Balaban J connectivity index is 1.51. The molecule has 1 fully saturated rings. The molecule has 35 heavy (non-hydrogen) atoms. The van der Waals surface area contributed by atoms with Gasteiger partial charge in [-0.15, -0.1) is 11.3 Å². The molecule has 8 nitrogen and oxygen atoms in total. The van der Waals surface area contributed by atoms with Crippen LogP contribution in [0.4, 0.5) is 11.5 Å². The molecule has 0 aliphatic carbocycles. The van der Waals surface area contributed by atoms with Gasteiger partial charge in [-0.3, -0.25) is 0 Å². The predicted octanol–water partition coefficient (Wildman–Crippen LogP) is 5.17. The van der Waals surface area contributed by atoms with Gasteiger partial charge >= 0.3 is 0 Å². The molecule has 3 heterocycles. The number of fused-ring (bicyclic) bond motifs is 1. The van der Waals surface area contributed by atoms with Crippen molar-refractivity contribution in [3.8, 4) is 16.9 Å². The summed E-state index contributed by atoms with van der Waals surface area (Å²) in [5, 5.41) is 6.50. The highest BCUT2D eigenvalue weighted by Gasteiger charge is 2.27. The van der Waals surface area contributed by atoms with Gasteiger partial charge in [-0.1, -0.05) is 23.7 Å². The van der Waals surface area contributed by atoms with Crippen LogP contribution in [0.3, 0.4) is 0 Å². The van der Waals surface area contributed by atoms with Gasteiger partial charge in [-0.25, -0.2) is 18.4 Å². The lowest BCUT2D eigenvalue weighted by atomic mass is 10.1. The van der Waals surface area contributed by atoms with Crippen LogP contribution in [-0.2, 0) is 14.8 Å². The number of sulfonamides is 1. The Kier molecular flexibility index (Phi) is 6.90. The van der Waals surface area contributed by atoms with Crippen LogP contribution in [0.1, 0.15) is 6.92 Å². The first kappa shape index (κ1) is 24.0. The summed E-state index contributed by atoms with van der Waals surface area (Å²) in [6.45, 7) is 3.94. The van der Waals surface area contributed by atoms with Crippen LogP contribution < -0.4 is 10.1 Å². The van der Waals surface area contributed by atoms with E-state index in [1.54, 1.807) is 12.1 Å². The zero-order chi connectivity index (χ0) is 24.4. The molecule has 1 aliphatic rings. The van der Waals surface area contributed by atoms with Gasteiger partial charge in [0.2, 0.25) is 10.0 Å². The van der Waals surface area contributed by atoms with E-state index in [1.165, 1.54) is 28.0 Å². The van der Waals surface area contributed by atoms with Crippen molar-refractivity contribution in [2.24, 2.45) is 0 Å². The summed E-state index contributed by atoms with van der Waals surface area (Å²) in [4.78, 5) is 9.83. The minimum atomic E-state index is -3.67. The van der Waals surface area contributed by atoms with E-state index in [0.717, 1.165) is 27.1 Å². The number of halogens is 1. The summed E-state index contributed by atoms with van der Waals surface area (Å²) in [6.07, 6.45) is 1.48. The Labute approximate surface area is 212 Å². The van der Waals surface area contributed by atoms with Crippen molar-refractivity contribution in [1.82, 2.24) is 14.3 Å². The number of nitrogens with zero attached hydrogens (tertiary/aromatic N) is 3. The smallest absolute Gasteiger partial charge is 0.243 e. The lowest BCUT2D eigenvalue weighted by Crippen LogP contribution is -2.40. The second-order valence-corrected chi connectivity index (χ2v) is 11.0. The fourth-order valence-corrected chi connectivity index (χ4v) is 6.42. The molecular formula is C24H23ClN4O4S2. The van der Waals surface area contributed by atoms with Gasteiger partial charge in [0.25, 0.3) is 0 Å². The third kappa shape index (κ3) is 4.85. The van der Waals surface area contributed by atoms with E-state index in [0.29, 0.717) is 49.4 Å². The monoisotopic (exact) mass is 530 g/mol. The first-order valence-corrected chi connectivity index (χ1v) is 13.8. The highest BCUT2D eigenvalue weighted by Crippen LogP contribution is 2.39. The van der Waals surface area contributed by atoms with Crippen molar-refractivity contribution >= 4 is 54.7 Å². The molecule has 0 unspecified atom stereocenters. The van der Waals surface area contributed by atoms with Gasteiger partial charge in [0.05, 0.1) is 40.8 Å². The highest BCUT2D eigenvalue weighted by molar-refractivity contribution is 7.89. The number of nitrogens with one attached hydrogen (secondary N) is 1. The summed E-state index contributed by atoms with van der Waals surface area (Å²) in [5.41, 5.74) is 2.40. The Hall–Kier alpha value is -2.76. The maximum absolute atomic E-state index is 13.2. The van der Waals surface area contributed by atoms with Crippen molar-refractivity contribution < 1.29 is 17.9 Å². The molecule has 0 atom stereocenters. The zero-order valence-electron chi connectivity index (χ0n) is 18.9. The molecule has 11 heteroatoms. The molecule has 2 aromatic carbocycles. The second-order valence-electron chi connectivity index (χ2n) is 7.79. The molecule has 4 aromatic rings. The molecule has 5 rings (SSSR count). The number of hydrogen-bond donors (Lipinski definition) is 1. The molecule has 1 N–H and O–H groups in total. The van der Waals surface area contributed by atoms with Crippen LogP contribution >= 0.6 is 22.9 Å². The molecule has 1 saturated heterocycles. The van der Waals surface area contributed by atoms with Gasteiger partial charge in [-0.05, 0) is 42.8 Å². The molecule has 0 saturated carbocycles. The first-order chi connectivity index (χ1) is 17.0. The van der Waals surface area contributed by atoms with Crippen molar-refractivity contribution in [2.45, 2.75) is 11.8 Å². The number of ether oxygens (including phenoxy) is 2. The number of rotatable bonds is 7. The van der Waals surface area contributed by atoms with Crippen LogP contribution in [0.2, 0.25) is 5.02 Å². The van der Waals surface area contributed by atoms with Crippen LogP contribution in [-0.4, -0.2) is 55.6 Å². The maximum atomic E-state index is 13.2. The Morgan fingerprint density at radius 3 is 2.66 bits per heavy atom. The number of thiophene rings is 1. The van der Waals surface area contributed by atoms with E-state index in [2.05, 4.69) is 15.3 Å². The number of anilines is 2. The lowest BCUT2D eigenvalue weighted by molar-refractivity contribution is 0.0730. The quantitative estimate of drug-likeness (QED) is 0.352. The highest BCUT2D eigenvalue weighted by atomic mass is 35.5. The number of benzene rings is 2. The predicted molar refractivity (Wildman–Crippen MR) is 138 cm³/mol. The van der Waals surface area contributed by atoms with Crippen molar-refractivity contribution in [1.29, 1.82) is 0 Å². The molecule has 2 aromatic heterocycles. The van der Waals surface area contributed by atoms with Crippen molar-refractivity contribution in [3.63, 3.8) is 0 Å². The average molecular weight is 531 g/mol. The topological polar surface area (TPSA) is 93.7 Å². The van der Waals surface area contributed by atoms with Gasteiger partial charge in [0, 0.05) is 24.0 Å². The minimum absolute atomic E-state index is 0.161. The van der Waals surface area contributed by atoms with Gasteiger partial charge in [0.1, 0.15) is 22.7 Å². The summed E-state index contributed by atoms with van der Waals surface area (Å²) in [5.74, 6) is 1.35. The van der Waals surface area contributed by atoms with E-state index in [-0.39, 0.29) is 4.90 Å². The molecule has 0 radical (unpaired) electrons. The number of hydrogen-bond acceptors (Lipinski definition) is 8. The molecule has 0 spiro atoms. The summed E-state index contributed by atoms with van der Waals surface area (Å²) < 4.78 is 38.6. The lowest BCUT2D eigenvalue weighted by Gasteiger charge is -2.26. The van der Waals surface area contributed by atoms with Crippen molar-refractivity contribution in [2.75, 3.05) is 38.2 Å². The van der Waals surface area contributed by atoms with E-state index in [4.69, 9.17) is 21.1 Å². The second kappa shape index (κ2) is 10.1. The third-order valence-electron chi connectivity index (χ3n) is 5.65. The zero-order valence-corrected chi connectivity index (χ0v) is 21.3. The number of aromatic nitrogens is 2. The van der Waals surface area contributed by atoms with Crippen LogP contribution in [0, 0.1) is 0 Å². The van der Waals surface area contributed by atoms with Crippen molar-refractivity contribution in [3.05, 3.63) is 59.2 Å². The molecule has 0 bridgehead atoms. The third-order valence-corrected chi connectivity index (χ3v) is 8.76. The number of morpholine rings is 1. The standard InChI is InChI=1S/C24H23ClN4O4S2/c1-2-33-17-5-3-16(4-6-17)19-14-34-24-22(19)23(26-15-27-24)28-21-13-18(7-8-20(21)25)35(30,31)29-9-11-32-12-10-29/h3-8,13-15H,2,9-12H2,1H3,(H,26,27,28). The molecule has 0 amide bonds. The Morgan fingerprint density at radius 1 is 1.14 bits per heavy atom. The maximum Gasteiger partial charge on any atom is 0.243 e. The Bertz CT molecular complexity index is 1450. The average Bonchev–Trinajstić information content (AvgIpc) is 3.32. The summed E-state index contributed by atoms with van der Waals surface area (Å²) in [6, 6.07) is 12.5. The fraction of sp³-hybridized carbons (Fsp3) is 0.250. The SMILES string of the molecule is CCOc1ccc(-c2csc3ncnc(Nc4cc(S(=O)(=O)N5CCOCC5)ccc4Cl)c23)cc1. The van der Waals surface area contributed by atoms with Gasteiger partial charge < -0.3 is 14.8 Å². The molecular weight excluding hydrogens is 508 g/mol. The molecule has 1 aliphatic heterocycles. The summed E-state index contributed by atoms with van der Waals surface area (Å²) >= 11 is 7.97. The minimum Gasteiger partial charge on any atom is -0.494 e. The van der Waals surface area contributed by atoms with Crippen LogP contribution in [0.25, 0.3) is 21.3 Å². The largest absolute Gasteiger partial charge is 0.494 e. The van der Waals surface area contributed by atoms with E-state index in [9.17, 15) is 8.42 Å². The summed E-state index contributed by atoms with van der Waals surface area (Å²) in [7, 11) is -3.67. The van der Waals surface area contributed by atoms with E-state index in [1.807, 2.05) is 36.6 Å². The fourth-order valence-electron chi connectivity index (χ4n) is 3.90. The normalized spacial score (nSPS) is 14.8. The van der Waals surface area contributed by atoms with Crippen LogP contribution in [0.15, 0.2) is 59.1 Å². The van der Waals surface area contributed by atoms with Gasteiger partial charge in [-0.2, -0.15) is 4.31 Å². The van der Waals surface area contributed by atoms with E-state index < -0.39 is 10.0 Å².